The average molecular weight is 429 g/mol. The number of fused-ring (bicyclic) bond motifs is 4. The van der Waals surface area contributed by atoms with Crippen LogP contribution in [-0.2, 0) is 23.4 Å². The Hall–Kier alpha value is -3.15. The highest BCUT2D eigenvalue weighted by Crippen LogP contribution is 2.49. The Bertz CT molecular complexity index is 1130. The zero-order chi connectivity index (χ0) is 21.5. The first-order valence-electron chi connectivity index (χ1n) is 11.7. The number of benzene rings is 1. The number of likely N-dealkylation sites (tertiary alicyclic amines) is 1. The molecule has 1 spiro atoms. The van der Waals surface area contributed by atoms with E-state index in [1.165, 1.54) is 25.0 Å². The second kappa shape index (κ2) is 7.76. The van der Waals surface area contributed by atoms with E-state index in [4.69, 9.17) is 9.72 Å². The SMILES string of the molecule is O=C(Cc1ccncc1)N1CCC2(CC1)Oc1ccccc1-c1c2ncn1CC1CCC1. The van der Waals surface area contributed by atoms with Gasteiger partial charge in [0.15, 0.2) is 5.60 Å². The normalized spacial score (nSPS) is 19.1. The van der Waals surface area contributed by atoms with Crippen molar-refractivity contribution in [3.8, 4) is 17.0 Å². The maximum atomic E-state index is 12.9. The molecule has 1 saturated heterocycles. The molecule has 2 aromatic heterocycles. The fourth-order valence-electron chi connectivity index (χ4n) is 5.34. The third kappa shape index (κ3) is 3.29. The van der Waals surface area contributed by atoms with Crippen LogP contribution in [0.3, 0.4) is 0 Å². The third-order valence-electron chi connectivity index (χ3n) is 7.42. The van der Waals surface area contributed by atoms with Gasteiger partial charge in [0, 0.05) is 50.4 Å². The van der Waals surface area contributed by atoms with Crippen molar-refractivity contribution in [2.45, 2.75) is 50.7 Å². The first-order valence-corrected chi connectivity index (χ1v) is 11.7. The lowest BCUT2D eigenvalue weighted by molar-refractivity contribution is -0.134. The topological polar surface area (TPSA) is 60.3 Å². The maximum absolute atomic E-state index is 12.9. The number of ether oxygens (including phenoxy) is 1. The maximum Gasteiger partial charge on any atom is 0.226 e. The number of nitrogens with zero attached hydrogens (tertiary/aromatic N) is 4. The van der Waals surface area contributed by atoms with Crippen molar-refractivity contribution in [1.29, 1.82) is 0 Å². The van der Waals surface area contributed by atoms with Gasteiger partial charge in [-0.1, -0.05) is 18.6 Å². The second-order valence-corrected chi connectivity index (χ2v) is 9.40. The van der Waals surface area contributed by atoms with Crippen molar-refractivity contribution >= 4 is 5.91 Å². The molecule has 1 saturated carbocycles. The zero-order valence-corrected chi connectivity index (χ0v) is 18.2. The van der Waals surface area contributed by atoms with Gasteiger partial charge in [0.25, 0.3) is 0 Å². The number of carbonyl (C=O) groups excluding carboxylic acids is 1. The monoisotopic (exact) mass is 428 g/mol. The van der Waals surface area contributed by atoms with Crippen molar-refractivity contribution < 1.29 is 9.53 Å². The van der Waals surface area contributed by atoms with Gasteiger partial charge in [-0.15, -0.1) is 0 Å². The summed E-state index contributed by atoms with van der Waals surface area (Å²) in [4.78, 5) is 23.8. The number of carbonyl (C=O) groups is 1. The van der Waals surface area contributed by atoms with Crippen LogP contribution in [0.15, 0.2) is 55.1 Å². The van der Waals surface area contributed by atoms with Crippen LogP contribution in [0, 0.1) is 5.92 Å². The summed E-state index contributed by atoms with van der Waals surface area (Å²) in [5.74, 6) is 1.86. The molecule has 6 nitrogen and oxygen atoms in total. The van der Waals surface area contributed by atoms with Crippen molar-refractivity contribution in [1.82, 2.24) is 19.4 Å². The van der Waals surface area contributed by atoms with E-state index in [1.807, 2.05) is 29.4 Å². The number of rotatable bonds is 4. The van der Waals surface area contributed by atoms with E-state index in [0.717, 1.165) is 47.9 Å². The van der Waals surface area contributed by atoms with Crippen LogP contribution in [0.2, 0.25) is 0 Å². The molecule has 6 rings (SSSR count). The molecule has 6 heteroatoms. The molecule has 1 aromatic carbocycles. The Morgan fingerprint density at radius 2 is 1.88 bits per heavy atom. The minimum absolute atomic E-state index is 0.165. The summed E-state index contributed by atoms with van der Waals surface area (Å²) in [6.45, 7) is 2.39. The van der Waals surface area contributed by atoms with Gasteiger partial charge in [-0.2, -0.15) is 0 Å². The van der Waals surface area contributed by atoms with Crippen LogP contribution in [-0.4, -0.2) is 38.4 Å². The van der Waals surface area contributed by atoms with Crippen LogP contribution >= 0.6 is 0 Å². The predicted octanol–water partition coefficient (Wildman–Crippen LogP) is 4.20. The molecular weight excluding hydrogens is 400 g/mol. The fraction of sp³-hybridized carbons (Fsp3) is 0.423. The van der Waals surface area contributed by atoms with E-state index in [0.29, 0.717) is 19.5 Å². The summed E-state index contributed by atoms with van der Waals surface area (Å²) >= 11 is 0. The Balaban J connectivity index is 1.26. The highest BCUT2D eigenvalue weighted by atomic mass is 16.5. The molecule has 0 N–H and O–H groups in total. The Labute approximate surface area is 188 Å². The first-order chi connectivity index (χ1) is 15.7. The number of hydrogen-bond donors (Lipinski definition) is 0. The molecule has 2 fully saturated rings. The quantitative estimate of drug-likeness (QED) is 0.625. The average Bonchev–Trinajstić information content (AvgIpc) is 3.23. The number of pyridine rings is 1. The van der Waals surface area contributed by atoms with E-state index >= 15 is 0 Å². The minimum atomic E-state index is -0.456. The van der Waals surface area contributed by atoms with Gasteiger partial charge < -0.3 is 14.2 Å². The van der Waals surface area contributed by atoms with Crippen LogP contribution in [0.25, 0.3) is 11.3 Å². The molecule has 32 heavy (non-hydrogen) atoms. The molecule has 1 amide bonds. The summed E-state index contributed by atoms with van der Waals surface area (Å²) in [6, 6.07) is 12.1. The van der Waals surface area contributed by atoms with Crippen LogP contribution < -0.4 is 4.74 Å². The van der Waals surface area contributed by atoms with E-state index in [2.05, 4.69) is 27.8 Å². The summed E-state index contributed by atoms with van der Waals surface area (Å²) in [6.07, 6.45) is 11.4. The molecule has 1 aliphatic carbocycles. The van der Waals surface area contributed by atoms with Gasteiger partial charge in [-0.05, 0) is 48.6 Å². The highest BCUT2D eigenvalue weighted by Gasteiger charge is 2.47. The zero-order valence-electron chi connectivity index (χ0n) is 18.2. The summed E-state index contributed by atoms with van der Waals surface area (Å²) in [5.41, 5.74) is 3.96. The second-order valence-electron chi connectivity index (χ2n) is 9.40. The molecule has 2 aliphatic heterocycles. The van der Waals surface area contributed by atoms with Gasteiger partial charge in [0.05, 0.1) is 18.4 Å². The number of amides is 1. The molecule has 3 aromatic rings. The van der Waals surface area contributed by atoms with Gasteiger partial charge >= 0.3 is 0 Å². The first kappa shape index (κ1) is 19.5. The van der Waals surface area contributed by atoms with E-state index < -0.39 is 5.60 Å². The van der Waals surface area contributed by atoms with Gasteiger partial charge in [0.1, 0.15) is 11.4 Å². The molecule has 0 radical (unpaired) electrons. The van der Waals surface area contributed by atoms with Crippen molar-refractivity contribution in [3.63, 3.8) is 0 Å². The molecule has 164 valence electrons. The third-order valence-corrected chi connectivity index (χ3v) is 7.42. The summed E-state index contributed by atoms with van der Waals surface area (Å²) in [5, 5.41) is 0. The predicted molar refractivity (Wildman–Crippen MR) is 121 cm³/mol. The lowest BCUT2D eigenvalue weighted by Crippen LogP contribution is -2.49. The number of hydrogen-bond acceptors (Lipinski definition) is 4. The smallest absolute Gasteiger partial charge is 0.226 e. The highest BCUT2D eigenvalue weighted by molar-refractivity contribution is 5.79. The van der Waals surface area contributed by atoms with Crippen LogP contribution in [0.4, 0.5) is 0 Å². The van der Waals surface area contributed by atoms with Crippen molar-refractivity contribution in [2.24, 2.45) is 5.92 Å². The molecule has 0 atom stereocenters. The minimum Gasteiger partial charge on any atom is -0.480 e. The Kier molecular flexibility index (Phi) is 4.74. The standard InChI is InChI=1S/C26H28N4O2/c31-23(16-19-8-12-27-13-9-19)29-14-10-26(11-15-29)25-24(21-6-1-2-7-22(21)32-26)30(18-28-25)17-20-4-3-5-20/h1-2,6-9,12-13,18,20H,3-5,10-11,14-17H2. The van der Waals surface area contributed by atoms with Gasteiger partial charge in [-0.25, -0.2) is 4.98 Å². The van der Waals surface area contributed by atoms with E-state index in [-0.39, 0.29) is 5.91 Å². The fourth-order valence-corrected chi connectivity index (χ4v) is 5.34. The van der Waals surface area contributed by atoms with Gasteiger partial charge in [-0.3, -0.25) is 9.78 Å². The van der Waals surface area contributed by atoms with E-state index in [9.17, 15) is 4.79 Å². The summed E-state index contributed by atoms with van der Waals surface area (Å²) < 4.78 is 9.02. The molecule has 0 unspecified atom stereocenters. The largest absolute Gasteiger partial charge is 0.480 e. The van der Waals surface area contributed by atoms with E-state index in [1.54, 1.807) is 12.4 Å². The van der Waals surface area contributed by atoms with Crippen molar-refractivity contribution in [3.05, 3.63) is 66.4 Å². The number of imidazole rings is 1. The van der Waals surface area contributed by atoms with Crippen LogP contribution in [0.1, 0.15) is 43.4 Å². The Morgan fingerprint density at radius 3 is 2.62 bits per heavy atom. The molecular formula is C26H28N4O2. The lowest BCUT2D eigenvalue weighted by atomic mass is 9.82. The number of para-hydroxylation sites is 1. The number of aromatic nitrogens is 3. The summed E-state index contributed by atoms with van der Waals surface area (Å²) in [7, 11) is 0. The Morgan fingerprint density at radius 1 is 1.09 bits per heavy atom. The van der Waals surface area contributed by atoms with Crippen LogP contribution in [0.5, 0.6) is 5.75 Å². The molecule has 4 heterocycles. The van der Waals surface area contributed by atoms with Crippen molar-refractivity contribution in [2.75, 3.05) is 13.1 Å². The van der Waals surface area contributed by atoms with Gasteiger partial charge in [0.2, 0.25) is 5.91 Å². The molecule has 3 aliphatic rings. The molecule has 0 bridgehead atoms. The number of piperidine rings is 1. The lowest BCUT2D eigenvalue weighted by Gasteiger charge is -2.44.